The molecule has 1 amide bonds. The Bertz CT molecular complexity index is 707. The van der Waals surface area contributed by atoms with Crippen LogP contribution in [0.5, 0.6) is 11.5 Å². The van der Waals surface area contributed by atoms with Gasteiger partial charge in [0.2, 0.25) is 0 Å². The van der Waals surface area contributed by atoms with E-state index in [0.29, 0.717) is 12.1 Å². The van der Waals surface area contributed by atoms with E-state index in [1.54, 1.807) is 7.05 Å². The van der Waals surface area contributed by atoms with E-state index in [4.69, 9.17) is 4.74 Å². The van der Waals surface area contributed by atoms with Gasteiger partial charge < -0.3 is 14.4 Å². The average molecular weight is 400 g/mol. The zero-order chi connectivity index (χ0) is 17.7. The predicted molar refractivity (Wildman–Crippen MR) is 89.6 cm³/mol. The van der Waals surface area contributed by atoms with E-state index in [9.17, 15) is 13.6 Å². The maximum atomic E-state index is 12.5. The van der Waals surface area contributed by atoms with E-state index >= 15 is 0 Å². The molecule has 0 aliphatic heterocycles. The van der Waals surface area contributed by atoms with Crippen molar-refractivity contribution in [2.75, 3.05) is 14.2 Å². The fourth-order valence-electron chi connectivity index (χ4n) is 2.15. The van der Waals surface area contributed by atoms with Crippen molar-refractivity contribution in [2.24, 2.45) is 0 Å². The summed E-state index contributed by atoms with van der Waals surface area (Å²) in [7, 11) is 2.99. The molecule has 0 N–H and O–H groups in total. The Morgan fingerprint density at radius 1 is 1.17 bits per heavy atom. The number of halogens is 3. The maximum Gasteiger partial charge on any atom is 0.387 e. The van der Waals surface area contributed by atoms with Crippen molar-refractivity contribution < 1.29 is 23.0 Å². The number of hydrogen-bond donors (Lipinski definition) is 0. The third-order valence-electron chi connectivity index (χ3n) is 3.31. The third kappa shape index (κ3) is 4.67. The van der Waals surface area contributed by atoms with E-state index in [-0.39, 0.29) is 17.4 Å². The second-order valence-corrected chi connectivity index (χ2v) is 5.95. The van der Waals surface area contributed by atoms with Crippen LogP contribution in [0.4, 0.5) is 8.78 Å². The van der Waals surface area contributed by atoms with Gasteiger partial charge in [0.05, 0.1) is 7.11 Å². The molecule has 24 heavy (non-hydrogen) atoms. The summed E-state index contributed by atoms with van der Waals surface area (Å²) in [5.74, 6) is -0.280. The number of hydrogen-bond acceptors (Lipinski definition) is 3. The molecule has 0 spiro atoms. The molecule has 2 aromatic carbocycles. The molecule has 0 saturated carbocycles. The van der Waals surface area contributed by atoms with E-state index in [2.05, 4.69) is 20.7 Å². The molecule has 4 nitrogen and oxygen atoms in total. The minimum atomic E-state index is -2.96. The standard InChI is InChI=1S/C17H16BrF2NO3/c1-21(10-11-3-6-13(18)7-4-11)16(22)12-5-8-14(24-17(19)20)15(9-12)23-2/h3-9,17H,10H2,1-2H3. The van der Waals surface area contributed by atoms with E-state index in [1.165, 1.54) is 30.2 Å². The van der Waals surface area contributed by atoms with Crippen molar-refractivity contribution in [1.29, 1.82) is 0 Å². The summed E-state index contributed by atoms with van der Waals surface area (Å²) in [6, 6.07) is 11.7. The third-order valence-corrected chi connectivity index (χ3v) is 3.83. The molecule has 0 aromatic heterocycles. The van der Waals surface area contributed by atoms with Crippen LogP contribution in [0.1, 0.15) is 15.9 Å². The quantitative estimate of drug-likeness (QED) is 0.725. The smallest absolute Gasteiger partial charge is 0.387 e. The molecule has 0 fully saturated rings. The van der Waals surface area contributed by atoms with Gasteiger partial charge in [-0.2, -0.15) is 8.78 Å². The lowest BCUT2D eigenvalue weighted by atomic mass is 10.1. The van der Waals surface area contributed by atoms with Crippen LogP contribution in [-0.2, 0) is 6.54 Å². The van der Waals surface area contributed by atoms with Crippen molar-refractivity contribution in [3.05, 3.63) is 58.1 Å². The first-order chi connectivity index (χ1) is 11.4. The Morgan fingerprint density at radius 2 is 1.83 bits per heavy atom. The summed E-state index contributed by atoms with van der Waals surface area (Å²) in [6.45, 7) is -2.54. The SMILES string of the molecule is COc1cc(C(=O)N(C)Cc2ccc(Br)cc2)ccc1OC(F)F. The van der Waals surface area contributed by atoms with E-state index in [0.717, 1.165) is 10.0 Å². The van der Waals surface area contributed by atoms with Gasteiger partial charge in [-0.15, -0.1) is 0 Å². The van der Waals surface area contributed by atoms with Gasteiger partial charge in [-0.05, 0) is 35.9 Å². The summed E-state index contributed by atoms with van der Waals surface area (Å²) in [4.78, 5) is 14.0. The minimum absolute atomic E-state index is 0.0817. The second kappa shape index (κ2) is 8.10. The number of rotatable bonds is 6. The van der Waals surface area contributed by atoms with Crippen molar-refractivity contribution in [3.8, 4) is 11.5 Å². The molecule has 2 rings (SSSR count). The number of ether oxygens (including phenoxy) is 2. The van der Waals surface area contributed by atoms with Gasteiger partial charge in [-0.3, -0.25) is 4.79 Å². The lowest BCUT2D eigenvalue weighted by Gasteiger charge is -2.18. The largest absolute Gasteiger partial charge is 0.493 e. The van der Waals surface area contributed by atoms with Crippen molar-refractivity contribution in [2.45, 2.75) is 13.2 Å². The Kier molecular flexibility index (Phi) is 6.14. The lowest BCUT2D eigenvalue weighted by molar-refractivity contribution is -0.0512. The van der Waals surface area contributed by atoms with Crippen LogP contribution in [0.15, 0.2) is 46.9 Å². The Morgan fingerprint density at radius 3 is 2.42 bits per heavy atom. The number of nitrogens with zero attached hydrogens (tertiary/aromatic N) is 1. The molecular weight excluding hydrogens is 384 g/mol. The normalized spacial score (nSPS) is 10.6. The monoisotopic (exact) mass is 399 g/mol. The number of alkyl halides is 2. The summed E-state index contributed by atoms with van der Waals surface area (Å²) >= 11 is 3.36. The van der Waals surface area contributed by atoms with Crippen LogP contribution in [0.3, 0.4) is 0 Å². The van der Waals surface area contributed by atoms with Gasteiger partial charge in [-0.25, -0.2) is 0 Å². The fraction of sp³-hybridized carbons (Fsp3) is 0.235. The highest BCUT2D eigenvalue weighted by Crippen LogP contribution is 2.30. The molecule has 0 saturated heterocycles. The van der Waals surface area contributed by atoms with Crippen LogP contribution >= 0.6 is 15.9 Å². The highest BCUT2D eigenvalue weighted by molar-refractivity contribution is 9.10. The fourth-order valence-corrected chi connectivity index (χ4v) is 2.41. The topological polar surface area (TPSA) is 38.8 Å². The Balaban J connectivity index is 2.14. The van der Waals surface area contributed by atoms with Gasteiger partial charge in [-0.1, -0.05) is 28.1 Å². The first-order valence-electron chi connectivity index (χ1n) is 7.03. The molecule has 0 unspecified atom stereocenters. The Hall–Kier alpha value is -2.15. The molecule has 0 aliphatic rings. The van der Waals surface area contributed by atoms with Crippen molar-refractivity contribution in [3.63, 3.8) is 0 Å². The highest BCUT2D eigenvalue weighted by atomic mass is 79.9. The molecule has 0 aliphatic carbocycles. The number of benzene rings is 2. The molecule has 0 radical (unpaired) electrons. The van der Waals surface area contributed by atoms with Crippen LogP contribution in [0.2, 0.25) is 0 Å². The average Bonchev–Trinajstić information content (AvgIpc) is 2.56. The summed E-state index contributed by atoms with van der Waals surface area (Å²) in [6.07, 6.45) is 0. The maximum absolute atomic E-state index is 12.5. The number of methoxy groups -OCH3 is 1. The zero-order valence-corrected chi connectivity index (χ0v) is 14.7. The molecule has 0 heterocycles. The molecule has 0 bridgehead atoms. The van der Waals surface area contributed by atoms with Crippen LogP contribution in [0.25, 0.3) is 0 Å². The molecular formula is C17H16BrF2NO3. The minimum Gasteiger partial charge on any atom is -0.493 e. The number of amides is 1. The van der Waals surface area contributed by atoms with E-state index < -0.39 is 6.61 Å². The molecule has 7 heteroatoms. The number of carbonyl (C=O) groups is 1. The van der Waals surface area contributed by atoms with E-state index in [1.807, 2.05) is 24.3 Å². The van der Waals surface area contributed by atoms with Gasteiger partial charge in [0.1, 0.15) is 0 Å². The number of carbonyl (C=O) groups excluding carboxylic acids is 1. The molecule has 2 aromatic rings. The van der Waals surface area contributed by atoms with Crippen LogP contribution < -0.4 is 9.47 Å². The molecule has 128 valence electrons. The Labute approximate surface area is 147 Å². The van der Waals surface area contributed by atoms with Crippen molar-refractivity contribution >= 4 is 21.8 Å². The van der Waals surface area contributed by atoms with Gasteiger partial charge in [0.25, 0.3) is 5.91 Å². The first-order valence-corrected chi connectivity index (χ1v) is 7.82. The van der Waals surface area contributed by atoms with Crippen molar-refractivity contribution in [1.82, 2.24) is 4.90 Å². The molecule has 0 atom stereocenters. The second-order valence-electron chi connectivity index (χ2n) is 5.03. The predicted octanol–water partition coefficient (Wildman–Crippen LogP) is 4.33. The van der Waals surface area contributed by atoms with Gasteiger partial charge in [0, 0.05) is 23.6 Å². The summed E-state index contributed by atoms with van der Waals surface area (Å²) in [5.41, 5.74) is 1.30. The summed E-state index contributed by atoms with van der Waals surface area (Å²) < 4.78 is 35.0. The van der Waals surface area contributed by atoms with Gasteiger partial charge >= 0.3 is 6.61 Å². The van der Waals surface area contributed by atoms with Crippen LogP contribution in [0, 0.1) is 0 Å². The lowest BCUT2D eigenvalue weighted by Crippen LogP contribution is -2.26. The first kappa shape index (κ1) is 18.2. The summed E-state index contributed by atoms with van der Waals surface area (Å²) in [5, 5.41) is 0. The van der Waals surface area contributed by atoms with Gasteiger partial charge in [0.15, 0.2) is 11.5 Å². The highest BCUT2D eigenvalue weighted by Gasteiger charge is 2.17. The zero-order valence-electron chi connectivity index (χ0n) is 13.1. The van der Waals surface area contributed by atoms with Crippen LogP contribution in [-0.4, -0.2) is 31.6 Å².